The lowest BCUT2D eigenvalue weighted by atomic mass is 10.1. The number of aromatic nitrogens is 4. The van der Waals surface area contributed by atoms with E-state index < -0.39 is 0 Å². The summed E-state index contributed by atoms with van der Waals surface area (Å²) >= 11 is 0. The van der Waals surface area contributed by atoms with Crippen molar-refractivity contribution in [2.24, 2.45) is 0 Å². The molecular weight excluding hydrogens is 304 g/mol. The van der Waals surface area contributed by atoms with Crippen molar-refractivity contribution in [1.29, 1.82) is 0 Å². The molecule has 0 radical (unpaired) electrons. The summed E-state index contributed by atoms with van der Waals surface area (Å²) in [4.78, 5) is 13.5. The number of nitrogens with zero attached hydrogens (tertiary/aromatic N) is 4. The molecule has 2 aromatic heterocycles. The third-order valence-corrected chi connectivity index (χ3v) is 4.27. The standard InChI is InChI=1S/C17H20N6O/c1-24-13-4-5-15-14(7-13)20-11-23(15)17-10-19-9-16(22-17)21-12-3-2-6-18-8-12/h4-5,7,9-12,18H,2-3,6,8H2,1H3,(H,21,22)/t12-/m1/s1. The van der Waals surface area contributed by atoms with E-state index in [9.17, 15) is 0 Å². The molecule has 7 heteroatoms. The van der Waals surface area contributed by atoms with Crippen LogP contribution in [-0.4, -0.2) is 45.8 Å². The smallest absolute Gasteiger partial charge is 0.159 e. The minimum Gasteiger partial charge on any atom is -0.497 e. The van der Waals surface area contributed by atoms with Crippen molar-refractivity contribution >= 4 is 16.9 Å². The number of hydrogen-bond acceptors (Lipinski definition) is 6. The van der Waals surface area contributed by atoms with E-state index in [1.165, 1.54) is 6.42 Å². The van der Waals surface area contributed by atoms with Crippen molar-refractivity contribution in [3.63, 3.8) is 0 Å². The van der Waals surface area contributed by atoms with Crippen molar-refractivity contribution in [3.8, 4) is 11.6 Å². The van der Waals surface area contributed by atoms with Gasteiger partial charge in [-0.15, -0.1) is 0 Å². The zero-order valence-corrected chi connectivity index (χ0v) is 13.6. The van der Waals surface area contributed by atoms with Crippen LogP contribution in [0.2, 0.25) is 0 Å². The Labute approximate surface area is 140 Å². The van der Waals surface area contributed by atoms with Gasteiger partial charge in [-0.05, 0) is 31.5 Å². The number of imidazole rings is 1. The second-order valence-electron chi connectivity index (χ2n) is 5.92. The number of anilines is 1. The molecule has 1 atom stereocenters. The van der Waals surface area contributed by atoms with Crippen molar-refractivity contribution < 1.29 is 4.74 Å². The fourth-order valence-corrected chi connectivity index (χ4v) is 3.03. The van der Waals surface area contributed by atoms with Crippen LogP contribution in [-0.2, 0) is 0 Å². The molecule has 1 saturated heterocycles. The summed E-state index contributed by atoms with van der Waals surface area (Å²) in [6, 6.07) is 6.21. The molecule has 0 saturated carbocycles. The Kier molecular flexibility index (Phi) is 4.00. The lowest BCUT2D eigenvalue weighted by Crippen LogP contribution is -2.38. The van der Waals surface area contributed by atoms with E-state index >= 15 is 0 Å². The maximum atomic E-state index is 5.25. The second kappa shape index (κ2) is 6.45. The predicted molar refractivity (Wildman–Crippen MR) is 92.7 cm³/mol. The zero-order chi connectivity index (χ0) is 16.4. The molecule has 0 amide bonds. The monoisotopic (exact) mass is 324 g/mol. The van der Waals surface area contributed by atoms with Gasteiger partial charge in [-0.25, -0.2) is 9.97 Å². The molecule has 3 aromatic rings. The summed E-state index contributed by atoms with van der Waals surface area (Å²) in [5.41, 5.74) is 1.84. The number of methoxy groups -OCH3 is 1. The first-order valence-corrected chi connectivity index (χ1v) is 8.14. The largest absolute Gasteiger partial charge is 0.497 e. The van der Waals surface area contributed by atoms with Gasteiger partial charge >= 0.3 is 0 Å². The molecule has 2 N–H and O–H groups in total. The summed E-state index contributed by atoms with van der Waals surface area (Å²) in [6.07, 6.45) is 7.60. The average Bonchev–Trinajstić information content (AvgIpc) is 3.06. The lowest BCUT2D eigenvalue weighted by molar-refractivity contribution is 0.415. The van der Waals surface area contributed by atoms with Crippen LogP contribution in [0.3, 0.4) is 0 Å². The number of rotatable bonds is 4. The van der Waals surface area contributed by atoms with E-state index in [2.05, 4.69) is 20.6 Å². The summed E-state index contributed by atoms with van der Waals surface area (Å²) in [7, 11) is 1.65. The normalized spacial score (nSPS) is 17.8. The van der Waals surface area contributed by atoms with Crippen LogP contribution >= 0.6 is 0 Å². The number of piperidine rings is 1. The Morgan fingerprint density at radius 3 is 3.12 bits per heavy atom. The topological polar surface area (TPSA) is 76.9 Å². The van der Waals surface area contributed by atoms with E-state index in [0.717, 1.165) is 47.9 Å². The van der Waals surface area contributed by atoms with E-state index in [4.69, 9.17) is 9.72 Å². The first-order chi connectivity index (χ1) is 11.8. The van der Waals surface area contributed by atoms with Gasteiger partial charge in [-0.2, -0.15) is 0 Å². The Morgan fingerprint density at radius 2 is 2.29 bits per heavy atom. The molecule has 4 rings (SSSR count). The first-order valence-electron chi connectivity index (χ1n) is 8.14. The lowest BCUT2D eigenvalue weighted by Gasteiger charge is -2.24. The van der Waals surface area contributed by atoms with Crippen molar-refractivity contribution in [2.45, 2.75) is 18.9 Å². The molecule has 3 heterocycles. The molecular formula is C17H20N6O. The number of nitrogens with one attached hydrogen (secondary N) is 2. The van der Waals surface area contributed by atoms with Gasteiger partial charge < -0.3 is 15.4 Å². The Bertz CT molecular complexity index is 840. The number of hydrogen-bond donors (Lipinski definition) is 2. The highest BCUT2D eigenvalue weighted by Gasteiger charge is 2.14. The highest BCUT2D eigenvalue weighted by molar-refractivity contribution is 5.78. The number of fused-ring (bicyclic) bond motifs is 1. The van der Waals surface area contributed by atoms with Gasteiger partial charge in [0.25, 0.3) is 0 Å². The van der Waals surface area contributed by atoms with Gasteiger partial charge in [0.1, 0.15) is 17.9 Å². The van der Waals surface area contributed by atoms with Crippen LogP contribution in [0.25, 0.3) is 16.9 Å². The van der Waals surface area contributed by atoms with Crippen molar-refractivity contribution in [2.75, 3.05) is 25.5 Å². The van der Waals surface area contributed by atoms with Crippen LogP contribution in [0.4, 0.5) is 5.82 Å². The molecule has 1 aliphatic rings. The van der Waals surface area contributed by atoms with Crippen molar-refractivity contribution in [1.82, 2.24) is 24.8 Å². The Hall–Kier alpha value is -2.67. The summed E-state index contributed by atoms with van der Waals surface area (Å²) in [5.74, 6) is 2.33. The molecule has 0 spiro atoms. The minimum absolute atomic E-state index is 0.395. The fraction of sp³-hybridized carbons (Fsp3) is 0.353. The quantitative estimate of drug-likeness (QED) is 0.764. The second-order valence-corrected chi connectivity index (χ2v) is 5.92. The van der Waals surface area contributed by atoms with Gasteiger partial charge in [0.05, 0.1) is 30.5 Å². The van der Waals surface area contributed by atoms with E-state index in [1.807, 2.05) is 22.8 Å². The van der Waals surface area contributed by atoms with Crippen LogP contribution in [0, 0.1) is 0 Å². The van der Waals surface area contributed by atoms with Gasteiger partial charge in [-0.3, -0.25) is 9.55 Å². The van der Waals surface area contributed by atoms with E-state index in [-0.39, 0.29) is 0 Å². The summed E-state index contributed by atoms with van der Waals surface area (Å²) < 4.78 is 7.18. The van der Waals surface area contributed by atoms with Crippen LogP contribution in [0.1, 0.15) is 12.8 Å². The van der Waals surface area contributed by atoms with Crippen LogP contribution in [0.15, 0.2) is 36.9 Å². The van der Waals surface area contributed by atoms with Gasteiger partial charge in [0.2, 0.25) is 0 Å². The highest BCUT2D eigenvalue weighted by Crippen LogP contribution is 2.22. The maximum absolute atomic E-state index is 5.25. The molecule has 1 aliphatic heterocycles. The molecule has 1 fully saturated rings. The van der Waals surface area contributed by atoms with E-state index in [0.29, 0.717) is 6.04 Å². The maximum Gasteiger partial charge on any atom is 0.159 e. The molecule has 1 aromatic carbocycles. The average molecular weight is 324 g/mol. The zero-order valence-electron chi connectivity index (χ0n) is 13.6. The molecule has 0 unspecified atom stereocenters. The number of ether oxygens (including phenoxy) is 1. The first kappa shape index (κ1) is 14.9. The third kappa shape index (κ3) is 2.90. The summed E-state index contributed by atoms with van der Waals surface area (Å²) in [5, 5.41) is 6.85. The fourth-order valence-electron chi connectivity index (χ4n) is 3.03. The molecule has 7 nitrogen and oxygen atoms in total. The minimum atomic E-state index is 0.395. The van der Waals surface area contributed by atoms with Gasteiger partial charge in [0.15, 0.2) is 5.82 Å². The molecule has 0 bridgehead atoms. The van der Waals surface area contributed by atoms with Crippen LogP contribution < -0.4 is 15.4 Å². The van der Waals surface area contributed by atoms with Crippen molar-refractivity contribution in [3.05, 3.63) is 36.9 Å². The highest BCUT2D eigenvalue weighted by atomic mass is 16.5. The summed E-state index contributed by atoms with van der Waals surface area (Å²) in [6.45, 7) is 2.05. The molecule has 124 valence electrons. The third-order valence-electron chi connectivity index (χ3n) is 4.27. The van der Waals surface area contributed by atoms with Crippen LogP contribution in [0.5, 0.6) is 5.75 Å². The molecule has 0 aliphatic carbocycles. The predicted octanol–water partition coefficient (Wildman–Crippen LogP) is 1.99. The van der Waals surface area contributed by atoms with Gasteiger partial charge in [-0.1, -0.05) is 0 Å². The molecule has 24 heavy (non-hydrogen) atoms. The Balaban J connectivity index is 1.63. The Morgan fingerprint density at radius 1 is 1.33 bits per heavy atom. The van der Waals surface area contributed by atoms with Gasteiger partial charge in [0, 0.05) is 18.7 Å². The van der Waals surface area contributed by atoms with E-state index in [1.54, 1.807) is 25.8 Å². The SMILES string of the molecule is COc1ccc2c(c1)ncn2-c1cncc(N[C@@H]2CCCNC2)n1. The number of benzene rings is 1.